The molecular weight excluding hydrogens is 424 g/mol. The van der Waals surface area contributed by atoms with Crippen LogP contribution in [0.25, 0.3) is 10.9 Å². The summed E-state index contributed by atoms with van der Waals surface area (Å²) in [4.78, 5) is 19.5. The molecule has 0 aliphatic heterocycles. The normalized spacial score (nSPS) is 12.6. The lowest BCUT2D eigenvalue weighted by Gasteiger charge is -2.29. The third-order valence-electron chi connectivity index (χ3n) is 5.58. The average Bonchev–Trinajstić information content (AvgIpc) is 3.46. The van der Waals surface area contributed by atoms with Crippen molar-refractivity contribution in [2.24, 2.45) is 0 Å². The van der Waals surface area contributed by atoms with Crippen LogP contribution >= 0.6 is 11.3 Å². The highest BCUT2D eigenvalue weighted by atomic mass is 32.1. The first kappa shape index (κ1) is 22.3. The molecule has 168 valence electrons. The maximum absolute atomic E-state index is 12.9. The van der Waals surface area contributed by atoms with Gasteiger partial charge in [-0.25, -0.2) is 4.68 Å². The van der Waals surface area contributed by atoms with Crippen LogP contribution in [-0.2, 0) is 24.4 Å². The summed E-state index contributed by atoms with van der Waals surface area (Å²) in [7, 11) is 1.66. The third kappa shape index (κ3) is 4.95. The zero-order chi connectivity index (χ0) is 22.5. The van der Waals surface area contributed by atoms with E-state index in [0.29, 0.717) is 26.2 Å². The van der Waals surface area contributed by atoms with Gasteiger partial charge in [0.1, 0.15) is 0 Å². The molecule has 4 aromatic rings. The molecule has 0 aliphatic carbocycles. The smallest absolute Gasteiger partial charge is 0.252 e. The second kappa shape index (κ2) is 10.2. The first-order chi connectivity index (χ1) is 15.6. The number of nitrogens with one attached hydrogen (secondary N) is 1. The molecule has 9 heteroatoms. The zero-order valence-corrected chi connectivity index (χ0v) is 19.4. The summed E-state index contributed by atoms with van der Waals surface area (Å²) in [5, 5.41) is 15.5. The number of thiophene rings is 1. The number of nitrogens with zero attached hydrogens (tertiary/aromatic N) is 5. The van der Waals surface area contributed by atoms with Crippen molar-refractivity contribution in [3.05, 3.63) is 74.0 Å². The number of hydrogen-bond donors (Lipinski definition) is 1. The summed E-state index contributed by atoms with van der Waals surface area (Å²) in [6, 6.07) is 12.2. The molecular formula is C23H28N6O2S. The highest BCUT2D eigenvalue weighted by Crippen LogP contribution is 2.27. The van der Waals surface area contributed by atoms with Gasteiger partial charge in [-0.15, -0.1) is 16.4 Å². The molecule has 1 aromatic carbocycles. The van der Waals surface area contributed by atoms with Crippen LogP contribution in [0.2, 0.25) is 0 Å². The van der Waals surface area contributed by atoms with Gasteiger partial charge in [0, 0.05) is 36.2 Å². The minimum absolute atomic E-state index is 0.0444. The zero-order valence-electron chi connectivity index (χ0n) is 18.6. The van der Waals surface area contributed by atoms with Crippen LogP contribution in [-0.4, -0.2) is 43.8 Å². The van der Waals surface area contributed by atoms with Gasteiger partial charge in [0.15, 0.2) is 5.82 Å². The van der Waals surface area contributed by atoms with Gasteiger partial charge < -0.3 is 9.72 Å². The molecule has 0 saturated carbocycles. The fourth-order valence-corrected chi connectivity index (χ4v) is 4.70. The van der Waals surface area contributed by atoms with Gasteiger partial charge in [-0.1, -0.05) is 25.1 Å². The van der Waals surface area contributed by atoms with Crippen molar-refractivity contribution in [1.29, 1.82) is 0 Å². The summed E-state index contributed by atoms with van der Waals surface area (Å²) >= 11 is 1.71. The molecule has 0 amide bonds. The number of pyridine rings is 1. The standard InChI is InChI=1S/C23H28N6O2S/c1-4-21(22-25-26-27-29(22)9-10-31-3)28(15-19-6-5-11-32-19)14-18-13-17-8-7-16(2)12-20(17)24-23(18)30/h5-8,11-13,21H,4,9-10,14-15H2,1-3H3,(H,24,30). The molecule has 3 aromatic heterocycles. The predicted octanol–water partition coefficient (Wildman–Crippen LogP) is 3.68. The van der Waals surface area contributed by atoms with Crippen LogP contribution in [0.5, 0.6) is 0 Å². The number of aromatic nitrogens is 5. The second-order valence-corrected chi connectivity index (χ2v) is 8.91. The van der Waals surface area contributed by atoms with Crippen molar-refractivity contribution in [2.45, 2.75) is 45.9 Å². The summed E-state index contributed by atoms with van der Waals surface area (Å²) in [5.74, 6) is 0.786. The Bertz CT molecular complexity index is 1220. The molecule has 1 unspecified atom stereocenters. The van der Waals surface area contributed by atoms with E-state index in [-0.39, 0.29) is 11.6 Å². The molecule has 0 spiro atoms. The number of ether oxygens (including phenoxy) is 1. The maximum atomic E-state index is 12.9. The molecule has 1 atom stereocenters. The molecule has 4 rings (SSSR count). The third-order valence-corrected chi connectivity index (χ3v) is 6.44. The van der Waals surface area contributed by atoms with E-state index < -0.39 is 0 Å². The van der Waals surface area contributed by atoms with Crippen molar-refractivity contribution >= 4 is 22.2 Å². The van der Waals surface area contributed by atoms with Gasteiger partial charge in [0.2, 0.25) is 0 Å². The first-order valence-corrected chi connectivity index (χ1v) is 11.6. The van der Waals surface area contributed by atoms with Gasteiger partial charge in [-0.05, 0) is 58.3 Å². The lowest BCUT2D eigenvalue weighted by atomic mass is 10.1. The lowest BCUT2D eigenvalue weighted by molar-refractivity contribution is 0.152. The fourth-order valence-electron chi connectivity index (χ4n) is 3.97. The maximum Gasteiger partial charge on any atom is 0.252 e. The summed E-state index contributed by atoms with van der Waals surface area (Å²) in [6.45, 7) is 6.45. The largest absolute Gasteiger partial charge is 0.383 e. The number of benzene rings is 1. The van der Waals surface area contributed by atoms with Crippen LogP contribution in [0.3, 0.4) is 0 Å². The van der Waals surface area contributed by atoms with E-state index in [0.717, 1.165) is 34.3 Å². The molecule has 8 nitrogen and oxygen atoms in total. The molecule has 32 heavy (non-hydrogen) atoms. The highest BCUT2D eigenvalue weighted by molar-refractivity contribution is 7.09. The van der Waals surface area contributed by atoms with Crippen molar-refractivity contribution in [3.8, 4) is 0 Å². The van der Waals surface area contributed by atoms with E-state index in [2.05, 4.69) is 55.9 Å². The monoisotopic (exact) mass is 452 g/mol. The highest BCUT2D eigenvalue weighted by Gasteiger charge is 2.26. The Morgan fingerprint density at radius 3 is 2.88 bits per heavy atom. The van der Waals surface area contributed by atoms with Crippen LogP contribution in [0.4, 0.5) is 0 Å². The summed E-state index contributed by atoms with van der Waals surface area (Å²) in [6.07, 6.45) is 0.809. The predicted molar refractivity (Wildman–Crippen MR) is 126 cm³/mol. The Labute approximate surface area is 190 Å². The fraction of sp³-hybridized carbons (Fsp3) is 0.391. The Kier molecular flexibility index (Phi) is 7.09. The van der Waals surface area contributed by atoms with Gasteiger partial charge in [-0.3, -0.25) is 9.69 Å². The number of hydrogen-bond acceptors (Lipinski definition) is 7. The Hall–Kier alpha value is -2.88. The first-order valence-electron chi connectivity index (χ1n) is 10.7. The number of H-pyrrole nitrogens is 1. The molecule has 0 saturated heterocycles. The summed E-state index contributed by atoms with van der Waals surface area (Å²) < 4.78 is 7.01. The number of fused-ring (bicyclic) bond motifs is 1. The Balaban J connectivity index is 1.70. The quantitative estimate of drug-likeness (QED) is 0.395. The van der Waals surface area contributed by atoms with E-state index in [1.807, 2.05) is 25.1 Å². The van der Waals surface area contributed by atoms with E-state index >= 15 is 0 Å². The number of aryl methyl sites for hydroxylation is 1. The minimum atomic E-state index is -0.0619. The van der Waals surface area contributed by atoms with Crippen LogP contribution in [0, 0.1) is 6.92 Å². The average molecular weight is 453 g/mol. The van der Waals surface area contributed by atoms with Crippen molar-refractivity contribution < 1.29 is 4.74 Å². The van der Waals surface area contributed by atoms with Crippen molar-refractivity contribution in [3.63, 3.8) is 0 Å². The molecule has 0 fully saturated rings. The Morgan fingerprint density at radius 1 is 1.25 bits per heavy atom. The van der Waals surface area contributed by atoms with E-state index in [4.69, 9.17) is 4.74 Å². The molecule has 0 aliphatic rings. The van der Waals surface area contributed by atoms with Gasteiger partial charge in [0.25, 0.3) is 5.56 Å². The topological polar surface area (TPSA) is 88.9 Å². The van der Waals surface area contributed by atoms with Crippen LogP contribution < -0.4 is 5.56 Å². The number of tetrazole rings is 1. The number of rotatable bonds is 10. The van der Waals surface area contributed by atoms with Gasteiger partial charge in [0.05, 0.1) is 19.2 Å². The van der Waals surface area contributed by atoms with Crippen molar-refractivity contribution in [1.82, 2.24) is 30.1 Å². The number of methoxy groups -OCH3 is 1. The van der Waals surface area contributed by atoms with Gasteiger partial charge >= 0.3 is 0 Å². The Morgan fingerprint density at radius 2 is 2.12 bits per heavy atom. The SMILES string of the molecule is CCC(c1nnnn1CCOC)N(Cc1cccs1)Cc1cc2ccc(C)cc2[nH]c1=O. The van der Waals surface area contributed by atoms with E-state index in [9.17, 15) is 4.79 Å². The molecule has 3 heterocycles. The number of aromatic amines is 1. The van der Waals surface area contributed by atoms with E-state index in [1.54, 1.807) is 23.1 Å². The van der Waals surface area contributed by atoms with Crippen molar-refractivity contribution in [2.75, 3.05) is 13.7 Å². The summed E-state index contributed by atoms with van der Waals surface area (Å²) in [5.41, 5.74) is 2.65. The van der Waals surface area contributed by atoms with Gasteiger partial charge in [-0.2, -0.15) is 0 Å². The molecule has 1 N–H and O–H groups in total. The van der Waals surface area contributed by atoms with Crippen LogP contribution in [0.15, 0.2) is 46.6 Å². The second-order valence-electron chi connectivity index (χ2n) is 7.88. The van der Waals surface area contributed by atoms with Crippen LogP contribution in [0.1, 0.15) is 41.2 Å². The molecule has 0 bridgehead atoms. The molecule has 0 radical (unpaired) electrons. The lowest BCUT2D eigenvalue weighted by Crippen LogP contribution is -2.32. The van der Waals surface area contributed by atoms with E-state index in [1.165, 1.54) is 4.88 Å². The minimum Gasteiger partial charge on any atom is -0.383 e.